The quantitative estimate of drug-likeness (QED) is 0.301. The van der Waals surface area contributed by atoms with E-state index in [-0.39, 0.29) is 17.2 Å². The molecule has 0 radical (unpaired) electrons. The number of phenols is 1. The van der Waals surface area contributed by atoms with E-state index in [0.29, 0.717) is 29.2 Å². The van der Waals surface area contributed by atoms with E-state index >= 15 is 0 Å². The lowest BCUT2D eigenvalue weighted by Crippen LogP contribution is -2.39. The van der Waals surface area contributed by atoms with Gasteiger partial charge in [0.05, 0.1) is 31.4 Å². The van der Waals surface area contributed by atoms with Gasteiger partial charge in [-0.2, -0.15) is 9.41 Å². The smallest absolute Gasteiger partial charge is 0.255 e. The molecule has 0 bridgehead atoms. The molecule has 3 rings (SSSR count). The molecule has 3 aromatic rings. The summed E-state index contributed by atoms with van der Waals surface area (Å²) in [6.07, 6.45) is 1.38. The first-order chi connectivity index (χ1) is 17.2. The van der Waals surface area contributed by atoms with Gasteiger partial charge in [-0.15, -0.1) is 0 Å². The zero-order chi connectivity index (χ0) is 26.1. The van der Waals surface area contributed by atoms with Crippen molar-refractivity contribution in [2.75, 3.05) is 20.3 Å². The number of benzene rings is 3. The van der Waals surface area contributed by atoms with Crippen LogP contribution in [0.4, 0.5) is 0 Å². The topological polar surface area (TPSA) is 118 Å². The van der Waals surface area contributed by atoms with Gasteiger partial charge in [-0.3, -0.25) is 4.79 Å². The highest BCUT2D eigenvalue weighted by Crippen LogP contribution is 2.26. The molecule has 36 heavy (non-hydrogen) atoms. The standard InChI is InChI=1S/C26H29N3O6S/c1-4-35-25-15-21(10-12-23(25)30)16-27-28-26(31)18-29(17-20-8-6-5-7-9-20)36(32,33)22-11-13-24(34-3)19(2)14-22/h5-16,30H,4,17-18H2,1-3H3,(H,28,31)/b27-16+. The second kappa shape index (κ2) is 12.2. The highest BCUT2D eigenvalue weighted by Gasteiger charge is 2.27. The number of nitrogens with zero attached hydrogens (tertiary/aromatic N) is 2. The molecule has 0 spiro atoms. The lowest BCUT2D eigenvalue weighted by atomic mass is 10.2. The van der Waals surface area contributed by atoms with Crippen molar-refractivity contribution in [2.24, 2.45) is 5.10 Å². The Hall–Kier alpha value is -3.89. The summed E-state index contributed by atoms with van der Waals surface area (Å²) in [5.74, 6) is 0.244. The van der Waals surface area contributed by atoms with E-state index in [9.17, 15) is 18.3 Å². The molecule has 190 valence electrons. The van der Waals surface area contributed by atoms with Crippen molar-refractivity contribution in [1.82, 2.24) is 9.73 Å². The fourth-order valence-corrected chi connectivity index (χ4v) is 4.90. The molecule has 0 saturated carbocycles. The Morgan fingerprint density at radius 2 is 1.83 bits per heavy atom. The SMILES string of the molecule is CCOc1cc(/C=N/NC(=O)CN(Cc2ccccc2)S(=O)(=O)c2ccc(OC)c(C)c2)ccc1O. The Balaban J connectivity index is 1.79. The summed E-state index contributed by atoms with van der Waals surface area (Å²) >= 11 is 0. The number of aryl methyl sites for hydroxylation is 1. The number of ether oxygens (including phenoxy) is 2. The molecule has 0 aliphatic heterocycles. The summed E-state index contributed by atoms with van der Waals surface area (Å²) in [6.45, 7) is 3.48. The Kier molecular flexibility index (Phi) is 9.04. The molecule has 3 aromatic carbocycles. The van der Waals surface area contributed by atoms with Crippen molar-refractivity contribution in [3.8, 4) is 17.2 Å². The Morgan fingerprint density at radius 1 is 1.08 bits per heavy atom. The molecule has 0 saturated heterocycles. The Bertz CT molecular complexity index is 1330. The number of amides is 1. The van der Waals surface area contributed by atoms with Gasteiger partial charge in [0.2, 0.25) is 10.0 Å². The number of methoxy groups -OCH3 is 1. The van der Waals surface area contributed by atoms with Crippen molar-refractivity contribution in [1.29, 1.82) is 0 Å². The summed E-state index contributed by atoms with van der Waals surface area (Å²) < 4.78 is 38.6. The molecule has 0 unspecified atom stereocenters. The summed E-state index contributed by atoms with van der Waals surface area (Å²) in [7, 11) is -2.50. The first kappa shape index (κ1) is 26.7. The maximum Gasteiger partial charge on any atom is 0.255 e. The molecule has 0 aliphatic rings. The van der Waals surface area contributed by atoms with E-state index < -0.39 is 22.5 Å². The third-order valence-electron chi connectivity index (χ3n) is 5.21. The van der Waals surface area contributed by atoms with Crippen LogP contribution in [0.25, 0.3) is 0 Å². The average Bonchev–Trinajstić information content (AvgIpc) is 2.86. The van der Waals surface area contributed by atoms with Crippen LogP contribution in [-0.4, -0.2) is 50.2 Å². The number of aromatic hydroxyl groups is 1. The number of hydrazone groups is 1. The highest BCUT2D eigenvalue weighted by molar-refractivity contribution is 7.89. The largest absolute Gasteiger partial charge is 0.504 e. The van der Waals surface area contributed by atoms with Crippen LogP contribution in [0, 0.1) is 6.92 Å². The lowest BCUT2D eigenvalue weighted by molar-refractivity contribution is -0.121. The van der Waals surface area contributed by atoms with Gasteiger partial charge in [0, 0.05) is 6.54 Å². The number of hydrogen-bond donors (Lipinski definition) is 2. The number of carbonyl (C=O) groups excluding carboxylic acids is 1. The molecule has 0 aromatic heterocycles. The van der Waals surface area contributed by atoms with Crippen LogP contribution in [0.2, 0.25) is 0 Å². The van der Waals surface area contributed by atoms with E-state index in [1.165, 1.54) is 31.5 Å². The molecule has 0 aliphatic carbocycles. The summed E-state index contributed by atoms with van der Waals surface area (Å²) in [6, 6.07) is 18.2. The number of rotatable bonds is 11. The zero-order valence-electron chi connectivity index (χ0n) is 20.3. The van der Waals surface area contributed by atoms with E-state index in [1.54, 1.807) is 56.3 Å². The first-order valence-corrected chi connectivity index (χ1v) is 12.6. The number of sulfonamides is 1. The van der Waals surface area contributed by atoms with Gasteiger partial charge in [0.25, 0.3) is 5.91 Å². The van der Waals surface area contributed by atoms with Crippen LogP contribution in [0.15, 0.2) is 76.7 Å². The van der Waals surface area contributed by atoms with Gasteiger partial charge in [0.15, 0.2) is 11.5 Å². The van der Waals surface area contributed by atoms with Crippen LogP contribution in [0.1, 0.15) is 23.6 Å². The summed E-state index contributed by atoms with van der Waals surface area (Å²) in [4.78, 5) is 12.7. The van der Waals surface area contributed by atoms with Gasteiger partial charge < -0.3 is 14.6 Å². The predicted octanol–water partition coefficient (Wildman–Crippen LogP) is 3.45. The average molecular weight is 512 g/mol. The maximum atomic E-state index is 13.5. The molecule has 1 amide bonds. The summed E-state index contributed by atoms with van der Waals surface area (Å²) in [5.41, 5.74) is 4.34. The minimum Gasteiger partial charge on any atom is -0.504 e. The molecule has 0 fully saturated rings. The molecule has 2 N–H and O–H groups in total. The van der Waals surface area contributed by atoms with E-state index in [4.69, 9.17) is 9.47 Å². The fraction of sp³-hybridized carbons (Fsp3) is 0.231. The van der Waals surface area contributed by atoms with Crippen LogP contribution in [-0.2, 0) is 21.4 Å². The molecule has 9 nitrogen and oxygen atoms in total. The zero-order valence-corrected chi connectivity index (χ0v) is 21.2. The summed E-state index contributed by atoms with van der Waals surface area (Å²) in [5, 5.41) is 13.7. The van der Waals surface area contributed by atoms with Crippen LogP contribution in [0.3, 0.4) is 0 Å². The minimum atomic E-state index is -4.01. The molecular weight excluding hydrogens is 482 g/mol. The third kappa shape index (κ3) is 6.83. The van der Waals surface area contributed by atoms with Gasteiger partial charge >= 0.3 is 0 Å². The predicted molar refractivity (Wildman–Crippen MR) is 137 cm³/mol. The second-order valence-corrected chi connectivity index (χ2v) is 9.78. The van der Waals surface area contributed by atoms with Crippen LogP contribution < -0.4 is 14.9 Å². The monoisotopic (exact) mass is 511 g/mol. The van der Waals surface area contributed by atoms with Crippen molar-refractivity contribution in [3.05, 3.63) is 83.4 Å². The second-order valence-electron chi connectivity index (χ2n) is 7.84. The normalized spacial score (nSPS) is 11.6. The number of nitrogens with one attached hydrogen (secondary N) is 1. The maximum absolute atomic E-state index is 13.5. The molecular formula is C26H29N3O6S. The number of phenolic OH excluding ortho intramolecular Hbond substituents is 1. The highest BCUT2D eigenvalue weighted by atomic mass is 32.2. The van der Waals surface area contributed by atoms with Gasteiger partial charge in [-0.05, 0) is 66.9 Å². The van der Waals surface area contributed by atoms with Gasteiger partial charge in [-0.25, -0.2) is 13.8 Å². The van der Waals surface area contributed by atoms with E-state index in [0.717, 1.165) is 9.87 Å². The third-order valence-corrected chi connectivity index (χ3v) is 7.00. The molecule has 0 heterocycles. The van der Waals surface area contributed by atoms with Crippen molar-refractivity contribution >= 4 is 22.1 Å². The molecule has 0 atom stereocenters. The fourth-order valence-electron chi connectivity index (χ4n) is 3.43. The van der Waals surface area contributed by atoms with E-state index in [1.807, 2.05) is 6.07 Å². The Morgan fingerprint density at radius 3 is 2.50 bits per heavy atom. The van der Waals surface area contributed by atoms with Gasteiger partial charge in [0.1, 0.15) is 5.75 Å². The van der Waals surface area contributed by atoms with Gasteiger partial charge in [-0.1, -0.05) is 30.3 Å². The lowest BCUT2D eigenvalue weighted by Gasteiger charge is -2.22. The first-order valence-electron chi connectivity index (χ1n) is 11.2. The van der Waals surface area contributed by atoms with Crippen molar-refractivity contribution in [3.63, 3.8) is 0 Å². The van der Waals surface area contributed by atoms with Crippen LogP contribution >= 0.6 is 0 Å². The van der Waals surface area contributed by atoms with Crippen LogP contribution in [0.5, 0.6) is 17.2 Å². The van der Waals surface area contributed by atoms with Crippen molar-refractivity contribution < 1.29 is 27.8 Å². The Labute approximate surface area is 211 Å². The molecule has 10 heteroatoms. The number of carbonyl (C=O) groups is 1. The van der Waals surface area contributed by atoms with E-state index in [2.05, 4.69) is 10.5 Å². The van der Waals surface area contributed by atoms with Crippen molar-refractivity contribution in [2.45, 2.75) is 25.3 Å². The minimum absolute atomic E-state index is 0.00105. The number of hydrogen-bond acceptors (Lipinski definition) is 7.